The second-order valence-electron chi connectivity index (χ2n) is 6.70. The number of hydrogen-bond acceptors (Lipinski definition) is 3. The lowest BCUT2D eigenvalue weighted by atomic mass is 9.87. The molecule has 2 N–H and O–H groups in total. The third-order valence-corrected chi connectivity index (χ3v) is 4.92. The SMILES string of the molecule is CNCC1CCCCN1CC(=O)NC1CCC(C)CC1. The van der Waals surface area contributed by atoms with Gasteiger partial charge in [-0.2, -0.15) is 0 Å². The van der Waals surface area contributed by atoms with Gasteiger partial charge in [-0.15, -0.1) is 0 Å². The molecule has 20 heavy (non-hydrogen) atoms. The zero-order valence-electron chi connectivity index (χ0n) is 13.2. The number of nitrogens with one attached hydrogen (secondary N) is 2. The van der Waals surface area contributed by atoms with E-state index in [1.54, 1.807) is 0 Å². The Balaban J connectivity index is 1.74. The standard InChI is InChI=1S/C16H31N3O/c1-13-6-8-14(9-7-13)18-16(20)12-19-10-4-3-5-15(19)11-17-2/h13-15,17H,3-12H2,1-2H3,(H,18,20). The third-order valence-electron chi connectivity index (χ3n) is 4.92. The average Bonchev–Trinajstić information content (AvgIpc) is 2.44. The van der Waals surface area contributed by atoms with Gasteiger partial charge in [-0.05, 0) is 58.0 Å². The van der Waals surface area contributed by atoms with Crippen LogP contribution >= 0.6 is 0 Å². The van der Waals surface area contributed by atoms with Gasteiger partial charge in [-0.3, -0.25) is 9.69 Å². The van der Waals surface area contributed by atoms with Crippen molar-refractivity contribution in [1.82, 2.24) is 15.5 Å². The molecule has 2 fully saturated rings. The maximum absolute atomic E-state index is 12.2. The second-order valence-corrected chi connectivity index (χ2v) is 6.70. The molecule has 1 unspecified atom stereocenters. The minimum absolute atomic E-state index is 0.229. The summed E-state index contributed by atoms with van der Waals surface area (Å²) in [6, 6.07) is 0.956. The molecule has 1 heterocycles. The van der Waals surface area contributed by atoms with E-state index >= 15 is 0 Å². The summed E-state index contributed by atoms with van der Waals surface area (Å²) < 4.78 is 0. The highest BCUT2D eigenvalue weighted by Gasteiger charge is 2.25. The van der Waals surface area contributed by atoms with Crippen LogP contribution in [0.5, 0.6) is 0 Å². The van der Waals surface area contributed by atoms with Gasteiger partial charge in [0.05, 0.1) is 6.54 Å². The summed E-state index contributed by atoms with van der Waals surface area (Å²) in [6.07, 6.45) is 8.59. The molecular formula is C16H31N3O. The Morgan fingerprint density at radius 2 is 1.90 bits per heavy atom. The Morgan fingerprint density at radius 1 is 1.15 bits per heavy atom. The number of piperidine rings is 1. The molecule has 116 valence electrons. The van der Waals surface area contributed by atoms with Gasteiger partial charge in [0.1, 0.15) is 0 Å². The number of amides is 1. The Bertz CT molecular complexity index is 298. The van der Waals surface area contributed by atoms with Crippen LogP contribution in [0.3, 0.4) is 0 Å². The number of likely N-dealkylation sites (N-methyl/N-ethyl adjacent to an activating group) is 1. The van der Waals surface area contributed by atoms with E-state index in [4.69, 9.17) is 0 Å². The minimum atomic E-state index is 0.229. The van der Waals surface area contributed by atoms with Crippen molar-refractivity contribution in [3.63, 3.8) is 0 Å². The lowest BCUT2D eigenvalue weighted by Crippen LogP contribution is -2.50. The van der Waals surface area contributed by atoms with Gasteiger partial charge in [-0.25, -0.2) is 0 Å². The van der Waals surface area contributed by atoms with Crippen LogP contribution in [0.2, 0.25) is 0 Å². The lowest BCUT2D eigenvalue weighted by Gasteiger charge is -2.35. The molecular weight excluding hydrogens is 250 g/mol. The lowest BCUT2D eigenvalue weighted by molar-refractivity contribution is -0.124. The molecule has 0 radical (unpaired) electrons. The maximum atomic E-state index is 12.2. The van der Waals surface area contributed by atoms with Crippen molar-refractivity contribution in [2.45, 2.75) is 64.0 Å². The number of likely N-dealkylation sites (tertiary alicyclic amines) is 1. The molecule has 1 amide bonds. The van der Waals surface area contributed by atoms with Crippen LogP contribution in [0.1, 0.15) is 51.9 Å². The summed E-state index contributed by atoms with van der Waals surface area (Å²) in [7, 11) is 2.00. The summed E-state index contributed by atoms with van der Waals surface area (Å²) in [5, 5.41) is 6.50. The first kappa shape index (κ1) is 15.8. The van der Waals surface area contributed by atoms with Crippen molar-refractivity contribution < 1.29 is 4.79 Å². The second kappa shape index (κ2) is 7.99. The van der Waals surface area contributed by atoms with Gasteiger partial charge in [0.15, 0.2) is 0 Å². The molecule has 4 nitrogen and oxygen atoms in total. The van der Waals surface area contributed by atoms with E-state index in [1.165, 1.54) is 32.1 Å². The molecule has 0 spiro atoms. The average molecular weight is 281 g/mol. The number of nitrogens with zero attached hydrogens (tertiary/aromatic N) is 1. The summed E-state index contributed by atoms with van der Waals surface area (Å²) in [5.74, 6) is 1.07. The van der Waals surface area contributed by atoms with E-state index in [-0.39, 0.29) is 5.91 Å². The maximum Gasteiger partial charge on any atom is 0.234 e. The highest BCUT2D eigenvalue weighted by molar-refractivity contribution is 5.78. The molecule has 1 atom stereocenters. The van der Waals surface area contributed by atoms with Gasteiger partial charge in [0, 0.05) is 18.6 Å². The van der Waals surface area contributed by atoms with E-state index < -0.39 is 0 Å². The highest BCUT2D eigenvalue weighted by atomic mass is 16.2. The van der Waals surface area contributed by atoms with Gasteiger partial charge in [-0.1, -0.05) is 13.3 Å². The molecule has 0 aromatic heterocycles. The fourth-order valence-corrected chi connectivity index (χ4v) is 3.60. The van der Waals surface area contributed by atoms with Crippen molar-refractivity contribution in [3.05, 3.63) is 0 Å². The van der Waals surface area contributed by atoms with E-state index in [9.17, 15) is 4.79 Å². The molecule has 0 aromatic rings. The Labute approximate surface area is 123 Å². The summed E-state index contributed by atoms with van der Waals surface area (Å²) in [4.78, 5) is 14.6. The highest BCUT2D eigenvalue weighted by Crippen LogP contribution is 2.23. The first-order valence-corrected chi connectivity index (χ1v) is 8.37. The van der Waals surface area contributed by atoms with Crippen LogP contribution < -0.4 is 10.6 Å². The summed E-state index contributed by atoms with van der Waals surface area (Å²) in [5.41, 5.74) is 0. The number of hydrogen-bond donors (Lipinski definition) is 2. The molecule has 2 rings (SSSR count). The van der Waals surface area contributed by atoms with Gasteiger partial charge in [0.2, 0.25) is 5.91 Å². The molecule has 1 saturated carbocycles. The first-order chi connectivity index (χ1) is 9.69. The normalized spacial score (nSPS) is 32.0. The van der Waals surface area contributed by atoms with Gasteiger partial charge in [0.25, 0.3) is 0 Å². The molecule has 1 aliphatic heterocycles. The number of carbonyl (C=O) groups is 1. The molecule has 0 bridgehead atoms. The zero-order chi connectivity index (χ0) is 14.4. The summed E-state index contributed by atoms with van der Waals surface area (Å²) >= 11 is 0. The van der Waals surface area contributed by atoms with Crippen molar-refractivity contribution in [1.29, 1.82) is 0 Å². The molecule has 1 aliphatic carbocycles. The van der Waals surface area contributed by atoms with Crippen LogP contribution in [-0.2, 0) is 4.79 Å². The number of rotatable bonds is 5. The fourth-order valence-electron chi connectivity index (χ4n) is 3.60. The Kier molecular flexibility index (Phi) is 6.30. The Morgan fingerprint density at radius 3 is 2.60 bits per heavy atom. The van der Waals surface area contributed by atoms with Crippen molar-refractivity contribution in [2.75, 3.05) is 26.7 Å². The van der Waals surface area contributed by atoms with Crippen LogP contribution in [0, 0.1) is 5.92 Å². The molecule has 1 saturated heterocycles. The molecule has 0 aromatic carbocycles. The van der Waals surface area contributed by atoms with Crippen LogP contribution in [0.15, 0.2) is 0 Å². The van der Waals surface area contributed by atoms with E-state index in [1.807, 2.05) is 7.05 Å². The summed E-state index contributed by atoms with van der Waals surface area (Å²) in [6.45, 7) is 4.96. The molecule has 2 aliphatic rings. The van der Waals surface area contributed by atoms with Gasteiger partial charge >= 0.3 is 0 Å². The molecule has 4 heteroatoms. The minimum Gasteiger partial charge on any atom is -0.352 e. The largest absolute Gasteiger partial charge is 0.352 e. The van der Waals surface area contributed by atoms with Crippen LogP contribution in [0.4, 0.5) is 0 Å². The quantitative estimate of drug-likeness (QED) is 0.807. The van der Waals surface area contributed by atoms with Crippen molar-refractivity contribution in [2.24, 2.45) is 5.92 Å². The monoisotopic (exact) mass is 281 g/mol. The third kappa shape index (κ3) is 4.74. The van der Waals surface area contributed by atoms with Gasteiger partial charge < -0.3 is 10.6 Å². The van der Waals surface area contributed by atoms with E-state index in [2.05, 4.69) is 22.5 Å². The van der Waals surface area contributed by atoms with Crippen molar-refractivity contribution >= 4 is 5.91 Å². The predicted molar refractivity (Wildman–Crippen MR) is 82.7 cm³/mol. The van der Waals surface area contributed by atoms with Crippen molar-refractivity contribution in [3.8, 4) is 0 Å². The van der Waals surface area contributed by atoms with Crippen LogP contribution in [0.25, 0.3) is 0 Å². The first-order valence-electron chi connectivity index (χ1n) is 8.37. The van der Waals surface area contributed by atoms with Crippen LogP contribution in [-0.4, -0.2) is 49.6 Å². The predicted octanol–water partition coefficient (Wildman–Crippen LogP) is 1.76. The number of carbonyl (C=O) groups excluding carboxylic acids is 1. The zero-order valence-corrected chi connectivity index (χ0v) is 13.2. The van der Waals surface area contributed by atoms with E-state index in [0.717, 1.165) is 31.8 Å². The smallest absolute Gasteiger partial charge is 0.234 e. The van der Waals surface area contributed by atoms with E-state index in [0.29, 0.717) is 18.6 Å². The Hall–Kier alpha value is -0.610. The fraction of sp³-hybridized carbons (Fsp3) is 0.938. The topological polar surface area (TPSA) is 44.4 Å².